The van der Waals surface area contributed by atoms with Gasteiger partial charge in [0.15, 0.2) is 9.75 Å². The van der Waals surface area contributed by atoms with Crippen LogP contribution in [0.4, 0.5) is 0 Å². The molecule has 0 saturated carbocycles. The van der Waals surface area contributed by atoms with E-state index >= 15 is 0 Å². The molecule has 0 bridgehead atoms. The first kappa shape index (κ1) is 19.1. The van der Waals surface area contributed by atoms with Gasteiger partial charge in [0.05, 0.1) is 0 Å². The average Bonchev–Trinajstić information content (AvgIpc) is 2.65. The molecule has 21 heavy (non-hydrogen) atoms. The Morgan fingerprint density at radius 1 is 0.952 bits per heavy atom. The Hall–Kier alpha value is 1.73. The number of hydrogen-bond acceptors (Lipinski definition) is 1. The van der Waals surface area contributed by atoms with Crippen LogP contribution >= 0.6 is 104 Å². The van der Waals surface area contributed by atoms with Crippen molar-refractivity contribution in [2.24, 2.45) is 0 Å². The summed E-state index contributed by atoms with van der Waals surface area (Å²) in [5, 5.41) is 0. The standard InChI is InChI=1S/C11H8ClS2.Cl6P/c12-11-13-9-6-5-7-3-1-2-4-8(7)10(9)14-11;1-7(2,3,4,5)6/h1-4H,5-6H2;/q+1;-1. The molecule has 2 aromatic rings. The molecule has 0 atom stereocenters. The van der Waals surface area contributed by atoms with Crippen molar-refractivity contribution in [3.63, 3.8) is 0 Å². The minimum absolute atomic E-state index is 0.951. The second kappa shape index (κ2) is 5.92. The summed E-state index contributed by atoms with van der Waals surface area (Å²) in [4.78, 5) is 2.85. The van der Waals surface area contributed by atoms with Crippen molar-refractivity contribution in [3.8, 4) is 10.4 Å². The van der Waals surface area contributed by atoms with Gasteiger partial charge in [0.2, 0.25) is 0 Å². The Balaban J connectivity index is 0.000000199. The Morgan fingerprint density at radius 2 is 1.52 bits per heavy atom. The topological polar surface area (TPSA) is 0 Å². The Morgan fingerprint density at radius 3 is 2.14 bits per heavy atom. The molecule has 1 aromatic carbocycles. The van der Waals surface area contributed by atoms with Crippen LogP contribution in [0.25, 0.3) is 10.4 Å². The Bertz CT molecular complexity index is 664. The number of benzene rings is 1. The second-order valence-corrected chi connectivity index (χ2v) is 32.4. The molecule has 10 heteroatoms. The van der Waals surface area contributed by atoms with E-state index in [9.17, 15) is 0 Å². The summed E-state index contributed by atoms with van der Waals surface area (Å²) in [6.07, 6.45) is 2.31. The van der Waals surface area contributed by atoms with Crippen molar-refractivity contribution in [2.45, 2.75) is 12.8 Å². The van der Waals surface area contributed by atoms with Crippen LogP contribution in [0.1, 0.15) is 10.4 Å². The van der Waals surface area contributed by atoms with Gasteiger partial charge in [0.25, 0.3) is 0 Å². The molecule has 118 valence electrons. The van der Waals surface area contributed by atoms with Gasteiger partial charge in [-0.15, -0.1) is 0 Å². The molecule has 0 nitrogen and oxygen atoms in total. The molecule has 1 aliphatic rings. The van der Waals surface area contributed by atoms with Gasteiger partial charge in [-0.05, 0) is 23.6 Å². The molecule has 0 fully saturated rings. The Kier molecular flexibility index (Phi) is 5.37. The predicted octanol–water partition coefficient (Wildman–Crippen LogP) is 9.51. The first-order chi connectivity index (χ1) is 9.29. The summed E-state index contributed by atoms with van der Waals surface area (Å²) in [5.74, 6) is 0. The molecule has 0 aliphatic heterocycles. The number of hydrogen-bond donors (Lipinski definition) is 0. The fourth-order valence-electron chi connectivity index (χ4n) is 1.88. The molecule has 0 amide bonds. The summed E-state index contributed by atoms with van der Waals surface area (Å²) in [6, 6.07) is 8.64. The van der Waals surface area contributed by atoms with Gasteiger partial charge in [0.1, 0.15) is 22.7 Å². The molecule has 0 spiro atoms. The van der Waals surface area contributed by atoms with E-state index in [1.54, 1.807) is 22.7 Å². The summed E-state index contributed by atoms with van der Waals surface area (Å²) in [5.41, 5.74) is 2.85. The predicted molar refractivity (Wildman–Crippen MR) is 106 cm³/mol. The number of halogens is 7. The van der Waals surface area contributed by atoms with Gasteiger partial charge < -0.3 is 0 Å². The number of fused-ring (bicyclic) bond motifs is 3. The van der Waals surface area contributed by atoms with E-state index in [2.05, 4.69) is 24.3 Å². The molecule has 0 radical (unpaired) electrons. The van der Waals surface area contributed by atoms with Crippen LogP contribution in [0.2, 0.25) is 3.65 Å². The fraction of sp³-hybridized carbons (Fsp3) is 0.182. The van der Waals surface area contributed by atoms with Gasteiger partial charge in [-0.3, -0.25) is 0 Å². The van der Waals surface area contributed by atoms with E-state index in [4.69, 9.17) is 79.0 Å². The molecule has 3 rings (SSSR count). The minimum Gasteiger partial charge on any atom is -0.0619 e. The van der Waals surface area contributed by atoms with E-state index in [1.165, 1.54) is 20.9 Å². The van der Waals surface area contributed by atoms with Crippen molar-refractivity contribution >= 4 is 104 Å². The van der Waals surface area contributed by atoms with Crippen LogP contribution in [0, 0.1) is 0 Å². The summed E-state index contributed by atoms with van der Waals surface area (Å²) in [6.45, 7) is 0. The van der Waals surface area contributed by atoms with Crippen LogP contribution in [0.5, 0.6) is 0 Å². The third kappa shape index (κ3) is 7.44. The normalized spacial score (nSPS) is 16.7. The van der Waals surface area contributed by atoms with Crippen LogP contribution in [-0.2, 0) is 12.8 Å². The van der Waals surface area contributed by atoms with E-state index in [0.29, 0.717) is 0 Å². The summed E-state index contributed by atoms with van der Waals surface area (Å²) >= 11 is 39.5. The van der Waals surface area contributed by atoms with Gasteiger partial charge in [-0.1, -0.05) is 24.3 Å². The average molecular weight is 483 g/mol. The molecule has 1 aromatic heterocycles. The van der Waals surface area contributed by atoms with Crippen LogP contribution < -0.4 is 0 Å². The summed E-state index contributed by atoms with van der Waals surface area (Å²) in [7, 11) is 0. The maximum atomic E-state index is 6.05. The zero-order chi connectivity index (χ0) is 16.0. The van der Waals surface area contributed by atoms with Gasteiger partial charge in [-0.25, -0.2) is 0 Å². The third-order valence-electron chi connectivity index (χ3n) is 2.52. The summed E-state index contributed by atoms with van der Waals surface area (Å²) < 4.78 is -3.87. The van der Waals surface area contributed by atoms with Crippen LogP contribution in [0.15, 0.2) is 24.3 Å². The second-order valence-electron chi connectivity index (χ2n) is 4.31. The molecule has 1 heterocycles. The minimum atomic E-state index is -4.82. The maximum absolute atomic E-state index is 6.05. The van der Waals surface area contributed by atoms with E-state index in [1.807, 2.05) is 0 Å². The van der Waals surface area contributed by atoms with E-state index < -0.39 is 2.06 Å². The third-order valence-corrected chi connectivity index (χ3v) is 5.26. The molecule has 1 aliphatic carbocycles. The SMILES string of the molecule is Cl[P-](Cl)(Cl)(Cl)(Cl)Cl.Clc1sc2c([s+]1)-c1ccccc1CC2. The van der Waals surface area contributed by atoms with Crippen molar-refractivity contribution < 1.29 is 0 Å². The number of aryl methyl sites for hydroxylation is 2. The smallest absolute Gasteiger partial charge is 0.0619 e. The quantitative estimate of drug-likeness (QED) is 0.259. The van der Waals surface area contributed by atoms with Crippen LogP contribution in [-0.4, -0.2) is 0 Å². The number of rotatable bonds is 0. The first-order valence-electron chi connectivity index (χ1n) is 5.55. The molecule has 0 unspecified atom stereocenters. The van der Waals surface area contributed by atoms with Crippen molar-refractivity contribution in [1.82, 2.24) is 0 Å². The monoisotopic (exact) mass is 480 g/mol. The molecule has 0 saturated heterocycles. The van der Waals surface area contributed by atoms with Crippen molar-refractivity contribution in [2.75, 3.05) is 0 Å². The zero-order valence-corrected chi connectivity index (χ0v) is 18.0. The molecule has 0 N–H and O–H groups in total. The van der Waals surface area contributed by atoms with Gasteiger partial charge >= 0.3 is 73.2 Å². The zero-order valence-electron chi connectivity index (χ0n) is 10.1. The van der Waals surface area contributed by atoms with Gasteiger partial charge in [0, 0.05) is 12.0 Å². The molecular formula is C11H8Cl7PS2. The van der Waals surface area contributed by atoms with E-state index in [-0.39, 0.29) is 0 Å². The first-order valence-corrected chi connectivity index (χ1v) is 15.7. The molecular weight excluding hydrogens is 475 g/mol. The largest absolute Gasteiger partial charge is 0.347 e. The maximum Gasteiger partial charge on any atom is 0.347 e. The fourth-order valence-corrected chi connectivity index (χ4v) is 4.64. The van der Waals surface area contributed by atoms with Crippen molar-refractivity contribution in [1.29, 1.82) is 0 Å². The van der Waals surface area contributed by atoms with E-state index in [0.717, 1.165) is 16.5 Å². The van der Waals surface area contributed by atoms with Crippen LogP contribution in [0.3, 0.4) is 0 Å². The Labute approximate surface area is 164 Å². The van der Waals surface area contributed by atoms with Gasteiger partial charge in [-0.2, -0.15) is 0 Å². The van der Waals surface area contributed by atoms with Crippen molar-refractivity contribution in [3.05, 3.63) is 38.4 Å².